The summed E-state index contributed by atoms with van der Waals surface area (Å²) in [6.45, 7) is 3.83. The van der Waals surface area contributed by atoms with Gasteiger partial charge in [0.25, 0.3) is 10.0 Å². The minimum atomic E-state index is -4.00. The maximum absolute atomic E-state index is 13.3. The molecular weight excluding hydrogens is 342 g/mol. The number of sulfonamides is 1. The van der Waals surface area contributed by atoms with Crippen LogP contribution in [0.1, 0.15) is 18.9 Å². The molecule has 2 aromatic rings. The fourth-order valence-corrected chi connectivity index (χ4v) is 5.93. The molecule has 0 amide bonds. The summed E-state index contributed by atoms with van der Waals surface area (Å²) >= 11 is 0. The zero-order valence-corrected chi connectivity index (χ0v) is 15.4. The Kier molecular flexibility index (Phi) is 5.96. The molecule has 0 heterocycles. The Labute approximate surface area is 144 Å². The first-order chi connectivity index (χ1) is 11.4. The van der Waals surface area contributed by atoms with E-state index >= 15 is 0 Å². The van der Waals surface area contributed by atoms with E-state index in [0.717, 1.165) is 12.0 Å². The average molecular weight is 364 g/mol. The first-order valence-electron chi connectivity index (χ1n) is 7.65. The highest BCUT2D eigenvalue weighted by atomic mass is 32.3. The Bertz CT molecular complexity index is 922. The second-order valence-electron chi connectivity index (χ2n) is 5.36. The molecule has 24 heavy (non-hydrogen) atoms. The van der Waals surface area contributed by atoms with Crippen LogP contribution >= 0.6 is 0 Å². The summed E-state index contributed by atoms with van der Waals surface area (Å²) in [5.41, 5.74) is 0.948. The van der Waals surface area contributed by atoms with E-state index in [2.05, 4.69) is 3.77 Å². The van der Waals surface area contributed by atoms with Crippen LogP contribution < -0.4 is 0 Å². The Morgan fingerprint density at radius 1 is 0.875 bits per heavy atom. The molecule has 0 aliphatic carbocycles. The molecule has 1 unspecified atom stereocenters. The van der Waals surface area contributed by atoms with Gasteiger partial charge in [-0.15, -0.1) is 3.77 Å². The SMILES string of the molecule is CC/C=C/CS(=O)(=NS(=O)(=O)c1ccc(C)cc1)c1ccccc1. The Balaban J connectivity index is 2.58. The number of rotatable bonds is 6. The second kappa shape index (κ2) is 7.77. The predicted octanol–water partition coefficient (Wildman–Crippen LogP) is 4.18. The lowest BCUT2D eigenvalue weighted by molar-refractivity contribution is 0.598. The summed E-state index contributed by atoms with van der Waals surface area (Å²) in [5, 5.41) is 0. The predicted molar refractivity (Wildman–Crippen MR) is 97.9 cm³/mol. The number of allylic oxidation sites excluding steroid dienone is 1. The minimum absolute atomic E-state index is 0.0521. The van der Waals surface area contributed by atoms with Crippen molar-refractivity contribution in [1.29, 1.82) is 0 Å². The van der Waals surface area contributed by atoms with Crippen LogP contribution in [0.15, 0.2) is 80.3 Å². The van der Waals surface area contributed by atoms with Crippen molar-refractivity contribution in [1.82, 2.24) is 0 Å². The maximum Gasteiger partial charge on any atom is 0.290 e. The first-order valence-corrected chi connectivity index (χ1v) is 10.8. The van der Waals surface area contributed by atoms with Gasteiger partial charge < -0.3 is 0 Å². The lowest BCUT2D eigenvalue weighted by Gasteiger charge is -2.09. The summed E-state index contributed by atoms with van der Waals surface area (Å²) in [6, 6.07) is 14.9. The molecule has 1 atom stereocenters. The van der Waals surface area contributed by atoms with Crippen LogP contribution in [0.5, 0.6) is 0 Å². The highest BCUT2D eigenvalue weighted by Crippen LogP contribution is 2.21. The number of aryl methyl sites for hydroxylation is 1. The first kappa shape index (κ1) is 18.4. The van der Waals surface area contributed by atoms with E-state index < -0.39 is 19.8 Å². The molecule has 0 saturated heterocycles. The van der Waals surface area contributed by atoms with E-state index in [1.165, 1.54) is 12.1 Å². The largest absolute Gasteiger partial charge is 0.290 e. The van der Waals surface area contributed by atoms with Crippen LogP contribution in [0, 0.1) is 6.92 Å². The van der Waals surface area contributed by atoms with Gasteiger partial charge in [0.2, 0.25) is 0 Å². The van der Waals surface area contributed by atoms with Crippen LogP contribution in [0.3, 0.4) is 0 Å². The molecule has 6 heteroatoms. The average Bonchev–Trinajstić information content (AvgIpc) is 2.56. The zero-order chi connectivity index (χ0) is 17.6. The molecular formula is C18H21NO3S2. The lowest BCUT2D eigenvalue weighted by atomic mass is 10.2. The van der Waals surface area contributed by atoms with Crippen LogP contribution in [0.2, 0.25) is 0 Å². The summed E-state index contributed by atoms with van der Waals surface area (Å²) in [6.07, 6.45) is 4.37. The van der Waals surface area contributed by atoms with E-state index in [0.29, 0.717) is 4.90 Å². The molecule has 0 N–H and O–H groups in total. The lowest BCUT2D eigenvalue weighted by Crippen LogP contribution is -2.09. The van der Waals surface area contributed by atoms with Crippen LogP contribution in [0.25, 0.3) is 0 Å². The van der Waals surface area contributed by atoms with Gasteiger partial charge in [-0.25, -0.2) is 4.21 Å². The number of benzene rings is 2. The van der Waals surface area contributed by atoms with Crippen molar-refractivity contribution in [2.75, 3.05) is 5.75 Å². The summed E-state index contributed by atoms with van der Waals surface area (Å²) in [5.74, 6) is 0.0654. The molecule has 2 aromatic carbocycles. The second-order valence-corrected chi connectivity index (χ2v) is 9.47. The van der Waals surface area contributed by atoms with Gasteiger partial charge in [0.05, 0.1) is 20.4 Å². The molecule has 0 aromatic heterocycles. The molecule has 0 aliphatic rings. The summed E-state index contributed by atoms with van der Waals surface area (Å²) in [4.78, 5) is 0.470. The van der Waals surface area contributed by atoms with Crippen LogP contribution in [0.4, 0.5) is 0 Å². The van der Waals surface area contributed by atoms with Crippen molar-refractivity contribution in [2.45, 2.75) is 30.1 Å². The quantitative estimate of drug-likeness (QED) is 0.723. The van der Waals surface area contributed by atoms with Crippen LogP contribution in [-0.2, 0) is 19.8 Å². The van der Waals surface area contributed by atoms with Crippen molar-refractivity contribution in [2.24, 2.45) is 3.77 Å². The normalized spacial score (nSPS) is 14.4. The smallest absolute Gasteiger partial charge is 0.243 e. The molecule has 4 nitrogen and oxygen atoms in total. The van der Waals surface area contributed by atoms with Gasteiger partial charge >= 0.3 is 0 Å². The Hall–Kier alpha value is -1.92. The van der Waals surface area contributed by atoms with Crippen molar-refractivity contribution in [3.8, 4) is 0 Å². The van der Waals surface area contributed by atoms with Gasteiger partial charge in [-0.1, -0.05) is 55.0 Å². The molecule has 128 valence electrons. The van der Waals surface area contributed by atoms with Gasteiger partial charge in [0, 0.05) is 4.90 Å². The van der Waals surface area contributed by atoms with E-state index in [-0.39, 0.29) is 10.6 Å². The van der Waals surface area contributed by atoms with Crippen molar-refractivity contribution in [3.05, 3.63) is 72.3 Å². The van der Waals surface area contributed by atoms with E-state index in [1.807, 2.05) is 19.9 Å². The Morgan fingerprint density at radius 3 is 2.08 bits per heavy atom. The van der Waals surface area contributed by atoms with Crippen LogP contribution in [-0.4, -0.2) is 18.4 Å². The van der Waals surface area contributed by atoms with Gasteiger partial charge in [-0.2, -0.15) is 8.42 Å². The standard InChI is InChI=1S/C18H21NO3S2/c1-3-4-8-15-23(20,17-9-6-5-7-10-17)19-24(21,22)18-13-11-16(2)12-14-18/h4-14H,3,15H2,1-2H3/b8-4+. The van der Waals surface area contributed by atoms with Gasteiger partial charge in [0.15, 0.2) is 0 Å². The highest BCUT2D eigenvalue weighted by Gasteiger charge is 2.19. The molecule has 2 rings (SSSR count). The topological polar surface area (TPSA) is 63.6 Å². The van der Waals surface area contributed by atoms with Gasteiger partial charge in [-0.05, 0) is 37.6 Å². The van der Waals surface area contributed by atoms with Crippen molar-refractivity contribution >= 4 is 19.8 Å². The number of hydrogen-bond donors (Lipinski definition) is 0. The molecule has 0 aliphatic heterocycles. The van der Waals surface area contributed by atoms with E-state index in [1.54, 1.807) is 48.5 Å². The van der Waals surface area contributed by atoms with Crippen molar-refractivity contribution in [3.63, 3.8) is 0 Å². The fraction of sp³-hybridized carbons (Fsp3) is 0.222. The summed E-state index contributed by atoms with van der Waals surface area (Å²) in [7, 11) is -7.11. The Morgan fingerprint density at radius 2 is 1.50 bits per heavy atom. The van der Waals surface area contributed by atoms with Gasteiger partial charge in [-0.3, -0.25) is 0 Å². The van der Waals surface area contributed by atoms with Crippen molar-refractivity contribution < 1.29 is 12.6 Å². The monoisotopic (exact) mass is 363 g/mol. The number of nitrogens with zero attached hydrogens (tertiary/aromatic N) is 1. The highest BCUT2D eigenvalue weighted by molar-refractivity contribution is 8.03. The minimum Gasteiger partial charge on any atom is -0.243 e. The van der Waals surface area contributed by atoms with E-state index in [9.17, 15) is 12.6 Å². The van der Waals surface area contributed by atoms with E-state index in [4.69, 9.17) is 0 Å². The molecule has 0 bridgehead atoms. The third kappa shape index (κ3) is 4.55. The third-order valence-corrected chi connectivity index (χ3v) is 7.64. The third-order valence-electron chi connectivity index (χ3n) is 3.37. The zero-order valence-electron chi connectivity index (χ0n) is 13.8. The molecule has 0 radical (unpaired) electrons. The maximum atomic E-state index is 13.3. The van der Waals surface area contributed by atoms with Gasteiger partial charge in [0.1, 0.15) is 0 Å². The molecule has 0 spiro atoms. The molecule has 0 saturated carbocycles. The molecule has 0 fully saturated rings. The fourth-order valence-electron chi connectivity index (χ4n) is 2.08. The summed E-state index contributed by atoms with van der Waals surface area (Å²) < 4.78 is 42.3. The number of hydrogen-bond acceptors (Lipinski definition) is 3.